The third-order valence-corrected chi connectivity index (χ3v) is 3.68. The van der Waals surface area contributed by atoms with Crippen molar-refractivity contribution in [2.75, 3.05) is 13.1 Å². The summed E-state index contributed by atoms with van der Waals surface area (Å²) in [5.41, 5.74) is 1.000. The van der Waals surface area contributed by atoms with E-state index in [1.165, 1.54) is 6.07 Å². The zero-order valence-corrected chi connectivity index (χ0v) is 12.4. The molecule has 3 nitrogen and oxygen atoms in total. The molecule has 0 aliphatic carbocycles. The predicted molar refractivity (Wildman–Crippen MR) is 78.6 cm³/mol. The number of nitrogens with zero attached hydrogens (tertiary/aromatic N) is 1. The number of likely N-dealkylation sites (tertiary alicyclic amines) is 1. The number of aliphatic carboxylic acids is 1. The minimum atomic E-state index is -0.755. The van der Waals surface area contributed by atoms with Gasteiger partial charge in [-0.1, -0.05) is 19.1 Å². The van der Waals surface area contributed by atoms with Crippen LogP contribution in [0.3, 0.4) is 0 Å². The number of hydrogen-bond donors (Lipinski definition) is 1. The molecule has 1 aromatic rings. The van der Waals surface area contributed by atoms with E-state index < -0.39 is 5.97 Å². The molecule has 1 aliphatic heterocycles. The lowest BCUT2D eigenvalue weighted by Gasteiger charge is -2.24. The zero-order chi connectivity index (χ0) is 13.8. The Balaban J connectivity index is 0.00000200. The van der Waals surface area contributed by atoms with Crippen LogP contribution in [0.2, 0.25) is 0 Å². The monoisotopic (exact) mass is 301 g/mol. The molecule has 0 amide bonds. The van der Waals surface area contributed by atoms with Crippen LogP contribution in [-0.2, 0) is 4.79 Å². The highest BCUT2D eigenvalue weighted by atomic mass is 35.5. The van der Waals surface area contributed by atoms with Crippen LogP contribution in [-0.4, -0.2) is 29.1 Å². The smallest absolute Gasteiger partial charge is 0.303 e. The SMILES string of the molecule is CC1CC(c2cccc(F)c2)N(CCCC(=O)O)C1.Cl. The Kier molecular flexibility index (Phi) is 6.43. The zero-order valence-electron chi connectivity index (χ0n) is 11.6. The van der Waals surface area contributed by atoms with Crippen molar-refractivity contribution in [2.45, 2.75) is 32.2 Å². The molecule has 0 radical (unpaired) electrons. The average Bonchev–Trinajstić information content (AvgIpc) is 2.70. The summed E-state index contributed by atoms with van der Waals surface area (Å²) >= 11 is 0. The van der Waals surface area contributed by atoms with E-state index in [2.05, 4.69) is 11.8 Å². The number of carboxylic acids is 1. The molecule has 5 heteroatoms. The van der Waals surface area contributed by atoms with Crippen LogP contribution in [0.1, 0.15) is 37.8 Å². The molecule has 112 valence electrons. The lowest BCUT2D eigenvalue weighted by molar-refractivity contribution is -0.137. The number of benzene rings is 1. The first-order valence-electron chi connectivity index (χ1n) is 6.77. The fourth-order valence-electron chi connectivity index (χ4n) is 2.87. The second-order valence-electron chi connectivity index (χ2n) is 5.40. The van der Waals surface area contributed by atoms with Gasteiger partial charge >= 0.3 is 5.97 Å². The van der Waals surface area contributed by atoms with Crippen molar-refractivity contribution in [1.29, 1.82) is 0 Å². The molecule has 2 rings (SSSR count). The van der Waals surface area contributed by atoms with Gasteiger partial charge in [0.1, 0.15) is 5.82 Å². The average molecular weight is 302 g/mol. The maximum atomic E-state index is 13.3. The molecular weight excluding hydrogens is 281 g/mol. The van der Waals surface area contributed by atoms with Gasteiger partial charge in [0.15, 0.2) is 0 Å². The van der Waals surface area contributed by atoms with E-state index in [1.807, 2.05) is 6.07 Å². The van der Waals surface area contributed by atoms with E-state index >= 15 is 0 Å². The lowest BCUT2D eigenvalue weighted by atomic mass is 10.0. The summed E-state index contributed by atoms with van der Waals surface area (Å²) in [6.45, 7) is 3.90. The summed E-state index contributed by atoms with van der Waals surface area (Å²) in [6.07, 6.45) is 1.85. The Labute approximate surface area is 125 Å². The van der Waals surface area contributed by atoms with Crippen LogP contribution in [0.15, 0.2) is 24.3 Å². The normalized spacial score (nSPS) is 22.5. The summed E-state index contributed by atoms with van der Waals surface area (Å²) in [4.78, 5) is 12.8. The van der Waals surface area contributed by atoms with Gasteiger partial charge in [0, 0.05) is 19.0 Å². The molecule has 1 saturated heterocycles. The molecule has 0 aromatic heterocycles. The Morgan fingerprint density at radius 1 is 1.50 bits per heavy atom. The Hall–Kier alpha value is -1.13. The van der Waals surface area contributed by atoms with E-state index in [4.69, 9.17) is 5.11 Å². The maximum Gasteiger partial charge on any atom is 0.303 e. The van der Waals surface area contributed by atoms with E-state index in [1.54, 1.807) is 12.1 Å². The lowest BCUT2D eigenvalue weighted by Crippen LogP contribution is -2.25. The minimum absolute atomic E-state index is 0. The summed E-state index contributed by atoms with van der Waals surface area (Å²) in [6, 6.07) is 6.96. The molecule has 1 heterocycles. The van der Waals surface area contributed by atoms with Crippen LogP contribution < -0.4 is 0 Å². The number of carboxylic acid groups (broad SMARTS) is 1. The van der Waals surface area contributed by atoms with Crippen molar-refractivity contribution < 1.29 is 14.3 Å². The quantitative estimate of drug-likeness (QED) is 0.905. The third kappa shape index (κ3) is 4.46. The fraction of sp³-hybridized carbons (Fsp3) is 0.533. The maximum absolute atomic E-state index is 13.3. The van der Waals surface area contributed by atoms with Gasteiger partial charge in [0.2, 0.25) is 0 Å². The molecule has 1 aliphatic rings. The number of halogens is 2. The number of hydrogen-bond acceptors (Lipinski definition) is 2. The summed E-state index contributed by atoms with van der Waals surface area (Å²) in [7, 11) is 0. The van der Waals surface area contributed by atoms with Crippen LogP contribution in [0, 0.1) is 11.7 Å². The standard InChI is InChI=1S/C15H20FNO2.ClH/c1-11-8-14(12-4-2-5-13(16)9-12)17(10-11)7-3-6-15(18)19;/h2,4-5,9,11,14H,3,6-8,10H2,1H3,(H,18,19);1H. The Morgan fingerprint density at radius 3 is 2.90 bits per heavy atom. The number of rotatable bonds is 5. The van der Waals surface area contributed by atoms with Crippen molar-refractivity contribution >= 4 is 18.4 Å². The first kappa shape index (κ1) is 16.9. The summed E-state index contributed by atoms with van der Waals surface area (Å²) < 4.78 is 13.3. The van der Waals surface area contributed by atoms with E-state index in [0.717, 1.165) is 25.1 Å². The minimum Gasteiger partial charge on any atom is -0.481 e. The molecular formula is C15H21ClFNO2. The molecule has 2 atom stereocenters. The molecule has 1 fully saturated rings. The molecule has 20 heavy (non-hydrogen) atoms. The first-order chi connectivity index (χ1) is 9.06. The van der Waals surface area contributed by atoms with E-state index in [9.17, 15) is 9.18 Å². The Bertz CT molecular complexity index is 455. The molecule has 0 bridgehead atoms. The predicted octanol–water partition coefficient (Wildman–Crippen LogP) is 3.50. The van der Waals surface area contributed by atoms with Crippen molar-refractivity contribution in [3.05, 3.63) is 35.6 Å². The molecule has 0 saturated carbocycles. The van der Waals surface area contributed by atoms with Crippen molar-refractivity contribution in [1.82, 2.24) is 4.90 Å². The van der Waals surface area contributed by atoms with Crippen LogP contribution >= 0.6 is 12.4 Å². The number of carbonyl (C=O) groups is 1. The fourth-order valence-corrected chi connectivity index (χ4v) is 2.87. The summed E-state index contributed by atoms with van der Waals surface area (Å²) in [5, 5.41) is 8.69. The van der Waals surface area contributed by atoms with E-state index in [0.29, 0.717) is 12.3 Å². The van der Waals surface area contributed by atoms with Crippen molar-refractivity contribution in [3.63, 3.8) is 0 Å². The van der Waals surface area contributed by atoms with Gasteiger partial charge in [-0.05, 0) is 43.0 Å². The molecule has 1 N–H and O–H groups in total. The second kappa shape index (κ2) is 7.60. The third-order valence-electron chi connectivity index (χ3n) is 3.68. The highest BCUT2D eigenvalue weighted by molar-refractivity contribution is 5.85. The second-order valence-corrected chi connectivity index (χ2v) is 5.40. The largest absolute Gasteiger partial charge is 0.481 e. The van der Waals surface area contributed by atoms with Crippen molar-refractivity contribution in [3.8, 4) is 0 Å². The van der Waals surface area contributed by atoms with Gasteiger partial charge < -0.3 is 5.11 Å². The van der Waals surface area contributed by atoms with Gasteiger partial charge in [0.05, 0.1) is 0 Å². The van der Waals surface area contributed by atoms with Gasteiger partial charge in [-0.15, -0.1) is 12.4 Å². The van der Waals surface area contributed by atoms with Gasteiger partial charge in [-0.2, -0.15) is 0 Å². The highest BCUT2D eigenvalue weighted by Crippen LogP contribution is 2.35. The van der Waals surface area contributed by atoms with Crippen molar-refractivity contribution in [2.24, 2.45) is 5.92 Å². The highest BCUT2D eigenvalue weighted by Gasteiger charge is 2.30. The summed E-state index contributed by atoms with van der Waals surface area (Å²) in [5.74, 6) is -0.393. The van der Waals surface area contributed by atoms with Crippen LogP contribution in [0.25, 0.3) is 0 Å². The van der Waals surface area contributed by atoms with Gasteiger partial charge in [0.25, 0.3) is 0 Å². The first-order valence-corrected chi connectivity index (χ1v) is 6.77. The molecule has 2 unspecified atom stereocenters. The van der Waals surface area contributed by atoms with Crippen LogP contribution in [0.4, 0.5) is 4.39 Å². The van der Waals surface area contributed by atoms with Gasteiger partial charge in [-0.25, -0.2) is 4.39 Å². The topological polar surface area (TPSA) is 40.5 Å². The van der Waals surface area contributed by atoms with E-state index in [-0.39, 0.29) is 30.7 Å². The Morgan fingerprint density at radius 2 is 2.25 bits per heavy atom. The molecule has 0 spiro atoms. The van der Waals surface area contributed by atoms with Crippen LogP contribution in [0.5, 0.6) is 0 Å². The van der Waals surface area contributed by atoms with Gasteiger partial charge in [-0.3, -0.25) is 9.69 Å². The molecule has 1 aromatic carbocycles.